The van der Waals surface area contributed by atoms with Gasteiger partial charge in [0, 0.05) is 40.4 Å². The molecule has 14 heavy (non-hydrogen) atoms. The highest BCUT2D eigenvalue weighted by Crippen LogP contribution is 1.92. The van der Waals surface area contributed by atoms with Crippen LogP contribution in [0.5, 0.6) is 0 Å². The highest BCUT2D eigenvalue weighted by atomic mass is 16.5. The number of aliphatic hydroxyl groups is 1. The van der Waals surface area contributed by atoms with Gasteiger partial charge >= 0.3 is 0 Å². The summed E-state index contributed by atoms with van der Waals surface area (Å²) in [6.45, 7) is 3.75. The summed E-state index contributed by atoms with van der Waals surface area (Å²) in [7, 11) is 3.32. The zero-order valence-electron chi connectivity index (χ0n) is 9.11. The Balaban J connectivity index is 3.71. The number of ether oxygens (including phenoxy) is 2. The Hall–Kier alpha value is -0.200. The third kappa shape index (κ3) is 7.23. The van der Waals surface area contributed by atoms with Crippen molar-refractivity contribution in [2.24, 2.45) is 5.73 Å². The van der Waals surface area contributed by atoms with Gasteiger partial charge in [0.25, 0.3) is 0 Å². The number of nitrogens with two attached hydrogens (primary N) is 1. The van der Waals surface area contributed by atoms with Crippen LogP contribution in [-0.4, -0.2) is 69.7 Å². The summed E-state index contributed by atoms with van der Waals surface area (Å²) in [5.41, 5.74) is 5.34. The van der Waals surface area contributed by atoms with Crippen LogP contribution < -0.4 is 5.73 Å². The van der Waals surface area contributed by atoms with Gasteiger partial charge in [0.05, 0.1) is 19.3 Å². The molecular weight excluding hydrogens is 184 g/mol. The average molecular weight is 206 g/mol. The van der Waals surface area contributed by atoms with Crippen molar-refractivity contribution in [3.05, 3.63) is 0 Å². The Kier molecular flexibility index (Phi) is 9.23. The van der Waals surface area contributed by atoms with Gasteiger partial charge in [-0.3, -0.25) is 4.90 Å². The predicted molar refractivity (Wildman–Crippen MR) is 55.3 cm³/mol. The molecule has 0 spiro atoms. The van der Waals surface area contributed by atoms with Gasteiger partial charge in [0.1, 0.15) is 0 Å². The molecule has 0 rings (SSSR count). The van der Waals surface area contributed by atoms with Gasteiger partial charge < -0.3 is 20.3 Å². The molecule has 0 amide bonds. The van der Waals surface area contributed by atoms with Crippen molar-refractivity contribution < 1.29 is 14.6 Å². The highest BCUT2D eigenvalue weighted by molar-refractivity contribution is 4.64. The van der Waals surface area contributed by atoms with Crippen LogP contribution in [0.15, 0.2) is 0 Å². The summed E-state index contributed by atoms with van der Waals surface area (Å²) < 4.78 is 9.94. The van der Waals surface area contributed by atoms with Gasteiger partial charge in [0.2, 0.25) is 0 Å². The standard InChI is InChI=1S/C9H22N2O3/c1-13-5-3-11(4-6-14-2)8-9(12)7-10/h9,12H,3-8,10H2,1-2H3. The van der Waals surface area contributed by atoms with E-state index in [1.807, 2.05) is 0 Å². The zero-order chi connectivity index (χ0) is 10.8. The van der Waals surface area contributed by atoms with E-state index in [0.29, 0.717) is 19.8 Å². The number of aliphatic hydroxyl groups excluding tert-OH is 1. The summed E-state index contributed by atoms with van der Waals surface area (Å²) in [4.78, 5) is 2.07. The van der Waals surface area contributed by atoms with Crippen LogP contribution in [-0.2, 0) is 9.47 Å². The van der Waals surface area contributed by atoms with Crippen molar-refractivity contribution in [1.82, 2.24) is 4.90 Å². The number of hydrogen-bond acceptors (Lipinski definition) is 5. The van der Waals surface area contributed by atoms with E-state index in [-0.39, 0.29) is 6.54 Å². The van der Waals surface area contributed by atoms with E-state index in [4.69, 9.17) is 15.2 Å². The summed E-state index contributed by atoms with van der Waals surface area (Å²) in [6, 6.07) is 0. The zero-order valence-corrected chi connectivity index (χ0v) is 9.11. The SMILES string of the molecule is COCCN(CCOC)CC(O)CN. The fraction of sp³-hybridized carbons (Fsp3) is 1.00. The van der Waals surface area contributed by atoms with Gasteiger partial charge in [-0.15, -0.1) is 0 Å². The smallest absolute Gasteiger partial charge is 0.0789 e. The third-order valence-corrected chi connectivity index (χ3v) is 1.96. The molecule has 0 saturated heterocycles. The predicted octanol–water partition coefficient (Wildman–Crippen LogP) is -1.10. The minimum Gasteiger partial charge on any atom is -0.390 e. The fourth-order valence-electron chi connectivity index (χ4n) is 1.11. The maximum atomic E-state index is 9.38. The van der Waals surface area contributed by atoms with E-state index >= 15 is 0 Å². The van der Waals surface area contributed by atoms with Crippen molar-refractivity contribution in [3.8, 4) is 0 Å². The lowest BCUT2D eigenvalue weighted by molar-refractivity contribution is 0.0731. The monoisotopic (exact) mass is 206 g/mol. The molecule has 86 valence electrons. The molecule has 0 aromatic heterocycles. The highest BCUT2D eigenvalue weighted by Gasteiger charge is 2.09. The number of nitrogens with zero attached hydrogens (tertiary/aromatic N) is 1. The van der Waals surface area contributed by atoms with Crippen molar-refractivity contribution in [2.45, 2.75) is 6.10 Å². The van der Waals surface area contributed by atoms with Crippen LogP contribution in [0.3, 0.4) is 0 Å². The fourth-order valence-corrected chi connectivity index (χ4v) is 1.11. The first-order valence-corrected chi connectivity index (χ1v) is 4.83. The van der Waals surface area contributed by atoms with Gasteiger partial charge in [-0.05, 0) is 0 Å². The largest absolute Gasteiger partial charge is 0.390 e. The van der Waals surface area contributed by atoms with Crippen LogP contribution >= 0.6 is 0 Å². The molecule has 0 heterocycles. The minimum atomic E-state index is -0.469. The topological polar surface area (TPSA) is 68.0 Å². The number of rotatable bonds is 9. The molecule has 0 aliphatic rings. The van der Waals surface area contributed by atoms with E-state index in [1.54, 1.807) is 14.2 Å². The minimum absolute atomic E-state index is 0.288. The van der Waals surface area contributed by atoms with Gasteiger partial charge in [-0.25, -0.2) is 0 Å². The Bertz CT molecular complexity index is 117. The normalized spacial score (nSPS) is 13.5. The Morgan fingerprint density at radius 1 is 1.21 bits per heavy atom. The van der Waals surface area contributed by atoms with E-state index < -0.39 is 6.10 Å². The van der Waals surface area contributed by atoms with E-state index in [2.05, 4.69) is 4.90 Å². The maximum absolute atomic E-state index is 9.38. The molecule has 0 aromatic rings. The molecule has 0 fully saturated rings. The van der Waals surface area contributed by atoms with Crippen LogP contribution in [0.1, 0.15) is 0 Å². The van der Waals surface area contributed by atoms with E-state index in [1.165, 1.54) is 0 Å². The van der Waals surface area contributed by atoms with Crippen LogP contribution in [0.25, 0.3) is 0 Å². The Morgan fingerprint density at radius 2 is 1.71 bits per heavy atom. The summed E-state index contributed by atoms with van der Waals surface area (Å²) in [5.74, 6) is 0. The molecule has 0 radical (unpaired) electrons. The molecule has 1 atom stereocenters. The molecule has 0 aliphatic heterocycles. The third-order valence-electron chi connectivity index (χ3n) is 1.96. The quantitative estimate of drug-likeness (QED) is 0.501. The van der Waals surface area contributed by atoms with Crippen molar-refractivity contribution in [2.75, 3.05) is 53.6 Å². The van der Waals surface area contributed by atoms with Crippen molar-refractivity contribution in [3.63, 3.8) is 0 Å². The molecule has 3 N–H and O–H groups in total. The first-order chi connectivity index (χ1) is 6.74. The molecule has 5 heteroatoms. The molecule has 0 aromatic carbocycles. The number of hydrogen-bond donors (Lipinski definition) is 2. The summed E-state index contributed by atoms with van der Waals surface area (Å²) in [5, 5.41) is 9.38. The van der Waals surface area contributed by atoms with Crippen LogP contribution in [0.4, 0.5) is 0 Å². The second kappa shape index (κ2) is 9.36. The van der Waals surface area contributed by atoms with Gasteiger partial charge in [0.15, 0.2) is 0 Å². The van der Waals surface area contributed by atoms with Gasteiger partial charge in [-0.1, -0.05) is 0 Å². The van der Waals surface area contributed by atoms with Crippen LogP contribution in [0, 0.1) is 0 Å². The summed E-state index contributed by atoms with van der Waals surface area (Å²) >= 11 is 0. The lowest BCUT2D eigenvalue weighted by atomic mass is 10.3. The second-order valence-electron chi connectivity index (χ2n) is 3.18. The molecule has 5 nitrogen and oxygen atoms in total. The van der Waals surface area contributed by atoms with Crippen molar-refractivity contribution >= 4 is 0 Å². The maximum Gasteiger partial charge on any atom is 0.0789 e. The first kappa shape index (κ1) is 13.8. The summed E-state index contributed by atoms with van der Waals surface area (Å²) in [6.07, 6.45) is -0.469. The molecule has 0 aliphatic carbocycles. The van der Waals surface area contributed by atoms with E-state index in [0.717, 1.165) is 13.1 Å². The number of methoxy groups -OCH3 is 2. The van der Waals surface area contributed by atoms with Crippen molar-refractivity contribution in [1.29, 1.82) is 0 Å². The average Bonchev–Trinajstić information content (AvgIpc) is 2.21. The lowest BCUT2D eigenvalue weighted by Gasteiger charge is -2.23. The Morgan fingerprint density at radius 3 is 2.07 bits per heavy atom. The molecular formula is C9H22N2O3. The molecule has 1 unspecified atom stereocenters. The molecule has 0 bridgehead atoms. The lowest BCUT2D eigenvalue weighted by Crippen LogP contribution is -2.39. The molecule has 0 saturated carbocycles. The second-order valence-corrected chi connectivity index (χ2v) is 3.18. The first-order valence-electron chi connectivity index (χ1n) is 4.83. The van der Waals surface area contributed by atoms with E-state index in [9.17, 15) is 5.11 Å². The Labute approximate surface area is 85.8 Å². The van der Waals surface area contributed by atoms with Gasteiger partial charge in [-0.2, -0.15) is 0 Å². The van der Waals surface area contributed by atoms with Crippen LogP contribution in [0.2, 0.25) is 0 Å².